The van der Waals surface area contributed by atoms with E-state index in [1.165, 1.54) is 58.5 Å². The van der Waals surface area contributed by atoms with E-state index < -0.39 is 0 Å². The predicted molar refractivity (Wildman–Crippen MR) is 64.3 cm³/mol. The molecule has 0 bridgehead atoms. The maximum absolute atomic E-state index is 5.07. The maximum atomic E-state index is 5.07. The molecule has 0 spiro atoms. The Kier molecular flexibility index (Phi) is 6.98. The number of nitrogens with zero attached hydrogens (tertiary/aromatic N) is 2. The molecule has 1 aliphatic heterocycles. The Morgan fingerprint density at radius 2 is 1.47 bits per heavy atom. The highest BCUT2D eigenvalue weighted by Crippen LogP contribution is 2.04. The van der Waals surface area contributed by atoms with Crippen LogP contribution in [0.5, 0.6) is 0 Å². The fraction of sp³-hybridized carbons (Fsp3) is 1.00. The topological polar surface area (TPSA) is 15.7 Å². The number of unbranched alkanes of at least 4 members (excludes halogenated alkanes) is 1. The normalized spacial score (nSPS) is 19.6. The number of rotatable bonds is 7. The SMILES string of the molecule is CCCCN1CCN(CCCOC)CC1. The third-order valence-corrected chi connectivity index (χ3v) is 3.12. The van der Waals surface area contributed by atoms with E-state index in [0.717, 1.165) is 6.61 Å². The van der Waals surface area contributed by atoms with Crippen LogP contribution in [0.25, 0.3) is 0 Å². The van der Waals surface area contributed by atoms with Gasteiger partial charge in [-0.05, 0) is 19.4 Å². The van der Waals surface area contributed by atoms with Gasteiger partial charge in [-0.3, -0.25) is 0 Å². The van der Waals surface area contributed by atoms with Gasteiger partial charge in [-0.2, -0.15) is 0 Å². The van der Waals surface area contributed by atoms with Gasteiger partial charge in [0.25, 0.3) is 0 Å². The summed E-state index contributed by atoms with van der Waals surface area (Å²) in [6, 6.07) is 0. The van der Waals surface area contributed by atoms with Crippen molar-refractivity contribution in [2.45, 2.75) is 26.2 Å². The van der Waals surface area contributed by atoms with Crippen molar-refractivity contribution in [3.05, 3.63) is 0 Å². The molecule has 0 aromatic rings. The highest BCUT2D eigenvalue weighted by atomic mass is 16.5. The summed E-state index contributed by atoms with van der Waals surface area (Å²) < 4.78 is 5.07. The molecule has 3 heteroatoms. The first-order valence-electron chi connectivity index (χ1n) is 6.30. The summed E-state index contributed by atoms with van der Waals surface area (Å²) in [6.07, 6.45) is 3.84. The molecule has 0 aromatic carbocycles. The first-order valence-corrected chi connectivity index (χ1v) is 6.30. The molecule has 0 unspecified atom stereocenters. The van der Waals surface area contributed by atoms with Gasteiger partial charge in [0.15, 0.2) is 0 Å². The van der Waals surface area contributed by atoms with E-state index in [-0.39, 0.29) is 0 Å². The second-order valence-electron chi connectivity index (χ2n) is 4.38. The Bertz CT molecular complexity index is 145. The van der Waals surface area contributed by atoms with E-state index >= 15 is 0 Å². The Morgan fingerprint density at radius 3 is 1.93 bits per heavy atom. The fourth-order valence-electron chi connectivity index (χ4n) is 2.05. The zero-order valence-corrected chi connectivity index (χ0v) is 10.4. The van der Waals surface area contributed by atoms with E-state index in [1.54, 1.807) is 7.11 Å². The molecule has 1 heterocycles. The molecule has 15 heavy (non-hydrogen) atoms. The van der Waals surface area contributed by atoms with Crippen molar-refractivity contribution in [2.24, 2.45) is 0 Å². The second kappa shape index (κ2) is 8.08. The largest absolute Gasteiger partial charge is 0.385 e. The lowest BCUT2D eigenvalue weighted by Gasteiger charge is -2.34. The van der Waals surface area contributed by atoms with E-state index in [2.05, 4.69) is 16.7 Å². The quantitative estimate of drug-likeness (QED) is 0.596. The van der Waals surface area contributed by atoms with Crippen LogP contribution >= 0.6 is 0 Å². The van der Waals surface area contributed by atoms with Crippen molar-refractivity contribution in [2.75, 3.05) is 53.0 Å². The summed E-state index contributed by atoms with van der Waals surface area (Å²) in [7, 11) is 1.78. The van der Waals surface area contributed by atoms with Gasteiger partial charge in [0.2, 0.25) is 0 Å². The van der Waals surface area contributed by atoms with Crippen molar-refractivity contribution < 1.29 is 4.74 Å². The Morgan fingerprint density at radius 1 is 0.933 bits per heavy atom. The monoisotopic (exact) mass is 214 g/mol. The van der Waals surface area contributed by atoms with Crippen LogP contribution in [0, 0.1) is 0 Å². The van der Waals surface area contributed by atoms with Crippen LogP contribution in [0.1, 0.15) is 26.2 Å². The Balaban J connectivity index is 2.02. The summed E-state index contributed by atoms with van der Waals surface area (Å²) in [5.41, 5.74) is 0. The van der Waals surface area contributed by atoms with E-state index in [1.807, 2.05) is 0 Å². The van der Waals surface area contributed by atoms with E-state index in [4.69, 9.17) is 4.74 Å². The van der Waals surface area contributed by atoms with Crippen molar-refractivity contribution in [3.63, 3.8) is 0 Å². The molecule has 1 rings (SSSR count). The molecule has 0 saturated carbocycles. The van der Waals surface area contributed by atoms with Crippen LogP contribution in [-0.4, -0.2) is 62.8 Å². The number of hydrogen-bond acceptors (Lipinski definition) is 3. The minimum Gasteiger partial charge on any atom is -0.385 e. The Hall–Kier alpha value is -0.120. The minimum atomic E-state index is 0.899. The van der Waals surface area contributed by atoms with Gasteiger partial charge < -0.3 is 14.5 Å². The average molecular weight is 214 g/mol. The summed E-state index contributed by atoms with van der Waals surface area (Å²) in [5, 5.41) is 0. The standard InChI is InChI=1S/C12H26N2O/c1-3-4-6-13-8-10-14(11-9-13)7-5-12-15-2/h3-12H2,1-2H3. The van der Waals surface area contributed by atoms with Crippen molar-refractivity contribution >= 4 is 0 Å². The number of piperazine rings is 1. The molecular formula is C12H26N2O. The minimum absolute atomic E-state index is 0.899. The number of methoxy groups -OCH3 is 1. The third kappa shape index (κ3) is 5.50. The van der Waals surface area contributed by atoms with Crippen LogP contribution in [0.15, 0.2) is 0 Å². The molecule has 0 radical (unpaired) electrons. The van der Waals surface area contributed by atoms with Gasteiger partial charge in [0, 0.05) is 46.4 Å². The fourth-order valence-corrected chi connectivity index (χ4v) is 2.05. The van der Waals surface area contributed by atoms with Gasteiger partial charge in [-0.15, -0.1) is 0 Å². The van der Waals surface area contributed by atoms with Gasteiger partial charge in [-0.1, -0.05) is 13.3 Å². The highest BCUT2D eigenvalue weighted by molar-refractivity contribution is 4.71. The smallest absolute Gasteiger partial charge is 0.0474 e. The molecule has 1 aliphatic rings. The molecule has 1 fully saturated rings. The second-order valence-corrected chi connectivity index (χ2v) is 4.38. The molecule has 3 nitrogen and oxygen atoms in total. The molecule has 0 atom stereocenters. The summed E-state index contributed by atoms with van der Waals surface area (Å²) in [5.74, 6) is 0. The first-order chi connectivity index (χ1) is 7.36. The zero-order valence-electron chi connectivity index (χ0n) is 10.4. The van der Waals surface area contributed by atoms with Gasteiger partial charge in [0.1, 0.15) is 0 Å². The molecular weight excluding hydrogens is 188 g/mol. The summed E-state index contributed by atoms with van der Waals surface area (Å²) in [4.78, 5) is 5.15. The third-order valence-electron chi connectivity index (χ3n) is 3.12. The lowest BCUT2D eigenvalue weighted by molar-refractivity contribution is 0.116. The number of ether oxygens (including phenoxy) is 1. The van der Waals surface area contributed by atoms with Crippen molar-refractivity contribution in [1.82, 2.24) is 9.80 Å². The molecule has 90 valence electrons. The lowest BCUT2D eigenvalue weighted by Crippen LogP contribution is -2.46. The van der Waals surface area contributed by atoms with Crippen LogP contribution in [0.4, 0.5) is 0 Å². The van der Waals surface area contributed by atoms with E-state index in [0.29, 0.717) is 0 Å². The van der Waals surface area contributed by atoms with Crippen molar-refractivity contribution in [3.8, 4) is 0 Å². The summed E-state index contributed by atoms with van der Waals surface area (Å²) >= 11 is 0. The van der Waals surface area contributed by atoms with Crippen molar-refractivity contribution in [1.29, 1.82) is 0 Å². The number of hydrogen-bond donors (Lipinski definition) is 0. The van der Waals surface area contributed by atoms with E-state index in [9.17, 15) is 0 Å². The average Bonchev–Trinajstić information content (AvgIpc) is 2.28. The lowest BCUT2D eigenvalue weighted by atomic mass is 10.2. The zero-order chi connectivity index (χ0) is 10.9. The molecule has 0 aliphatic carbocycles. The van der Waals surface area contributed by atoms with Gasteiger partial charge in [0.05, 0.1) is 0 Å². The Labute approximate surface area is 94.4 Å². The van der Waals surface area contributed by atoms with Crippen LogP contribution in [-0.2, 0) is 4.74 Å². The van der Waals surface area contributed by atoms with Crippen LogP contribution < -0.4 is 0 Å². The molecule has 0 N–H and O–H groups in total. The van der Waals surface area contributed by atoms with Crippen LogP contribution in [0.2, 0.25) is 0 Å². The van der Waals surface area contributed by atoms with Crippen LogP contribution in [0.3, 0.4) is 0 Å². The first kappa shape index (κ1) is 12.9. The molecule has 1 saturated heterocycles. The maximum Gasteiger partial charge on any atom is 0.0474 e. The highest BCUT2D eigenvalue weighted by Gasteiger charge is 2.15. The van der Waals surface area contributed by atoms with Gasteiger partial charge >= 0.3 is 0 Å². The van der Waals surface area contributed by atoms with Gasteiger partial charge in [-0.25, -0.2) is 0 Å². The molecule has 0 aromatic heterocycles. The summed E-state index contributed by atoms with van der Waals surface area (Å²) in [6.45, 7) is 10.7. The molecule has 0 amide bonds. The predicted octanol–water partition coefficient (Wildman–Crippen LogP) is 1.44.